The summed E-state index contributed by atoms with van der Waals surface area (Å²) in [6.07, 6.45) is 3.51. The van der Waals surface area contributed by atoms with Gasteiger partial charge in [0.25, 0.3) is 0 Å². The predicted octanol–water partition coefficient (Wildman–Crippen LogP) is 4.47. The van der Waals surface area contributed by atoms with Gasteiger partial charge in [0.05, 0.1) is 5.56 Å². The Morgan fingerprint density at radius 2 is 1.81 bits per heavy atom. The molecule has 6 nitrogen and oxygen atoms in total. The predicted molar refractivity (Wildman–Crippen MR) is 117 cm³/mol. The highest BCUT2D eigenvalue weighted by Gasteiger charge is 2.43. The average Bonchev–Trinajstić information content (AvgIpc) is 2.70. The lowest BCUT2D eigenvalue weighted by atomic mass is 9.87. The third-order valence-corrected chi connectivity index (χ3v) is 5.51. The number of ketones is 1. The molecule has 0 unspecified atom stereocenters. The van der Waals surface area contributed by atoms with E-state index in [2.05, 4.69) is 0 Å². The molecule has 2 aliphatic heterocycles. The van der Waals surface area contributed by atoms with Crippen LogP contribution in [-0.4, -0.2) is 32.8 Å². The Morgan fingerprint density at radius 3 is 2.45 bits per heavy atom. The number of phenolic OH excluding ortho intramolecular Hbond substituents is 2. The second-order valence-electron chi connectivity index (χ2n) is 8.74. The molecule has 2 atom stereocenters. The first-order valence-corrected chi connectivity index (χ1v) is 10.2. The van der Waals surface area contributed by atoms with E-state index in [4.69, 9.17) is 9.47 Å². The van der Waals surface area contributed by atoms with Crippen molar-refractivity contribution >= 4 is 11.9 Å². The van der Waals surface area contributed by atoms with Crippen LogP contribution in [0.15, 0.2) is 42.0 Å². The number of fused-ring (bicyclic) bond motifs is 2. The summed E-state index contributed by atoms with van der Waals surface area (Å²) >= 11 is 0. The third kappa shape index (κ3) is 3.68. The van der Waals surface area contributed by atoms with Crippen LogP contribution in [0.4, 0.5) is 0 Å². The van der Waals surface area contributed by atoms with Crippen molar-refractivity contribution in [1.29, 1.82) is 0 Å². The van der Waals surface area contributed by atoms with Crippen molar-refractivity contribution in [2.45, 2.75) is 51.9 Å². The second kappa shape index (κ2) is 7.46. The van der Waals surface area contributed by atoms with Gasteiger partial charge in [0.2, 0.25) is 5.78 Å². The molecule has 0 fully saturated rings. The summed E-state index contributed by atoms with van der Waals surface area (Å²) in [6.45, 7) is 7.75. The molecule has 2 heterocycles. The van der Waals surface area contributed by atoms with Crippen molar-refractivity contribution in [3.05, 3.63) is 64.2 Å². The molecule has 31 heavy (non-hydrogen) atoms. The summed E-state index contributed by atoms with van der Waals surface area (Å²) in [7, 11) is 0. The summed E-state index contributed by atoms with van der Waals surface area (Å²) < 4.78 is 12.4. The Kier molecular flexibility index (Phi) is 5.06. The maximum absolute atomic E-state index is 13.2. The summed E-state index contributed by atoms with van der Waals surface area (Å²) in [5.41, 5.74) is 2.04. The van der Waals surface area contributed by atoms with Crippen LogP contribution in [0.3, 0.4) is 0 Å². The topological polar surface area (TPSA) is 96.2 Å². The Bertz CT molecular complexity index is 1100. The van der Waals surface area contributed by atoms with E-state index in [1.54, 1.807) is 18.2 Å². The number of carbonyl (C=O) groups is 1. The van der Waals surface area contributed by atoms with E-state index in [0.717, 1.165) is 5.57 Å². The first-order chi connectivity index (χ1) is 14.6. The SMILES string of the molecule is CC(C)=CCc1c2c(c(O)c3c1O[C@H](c1ccc(O)cc1)[C@H](O)C3=O)C=CC(C)(C)O2. The zero-order valence-corrected chi connectivity index (χ0v) is 18.0. The van der Waals surface area contributed by atoms with Gasteiger partial charge in [-0.05, 0) is 64.0 Å². The van der Waals surface area contributed by atoms with Crippen LogP contribution in [0.2, 0.25) is 0 Å². The van der Waals surface area contributed by atoms with E-state index in [9.17, 15) is 20.1 Å². The minimum Gasteiger partial charge on any atom is -0.508 e. The number of ether oxygens (including phenoxy) is 2. The van der Waals surface area contributed by atoms with Gasteiger partial charge in [0.15, 0.2) is 12.2 Å². The highest BCUT2D eigenvalue weighted by Crippen LogP contribution is 2.51. The molecule has 0 aliphatic carbocycles. The first-order valence-electron chi connectivity index (χ1n) is 10.2. The quantitative estimate of drug-likeness (QED) is 0.632. The molecule has 0 bridgehead atoms. The molecule has 2 aromatic carbocycles. The number of aromatic hydroxyl groups is 2. The number of rotatable bonds is 3. The summed E-state index contributed by atoms with van der Waals surface area (Å²) in [5, 5.41) is 31.2. The zero-order chi connectivity index (χ0) is 22.5. The fourth-order valence-corrected chi connectivity index (χ4v) is 3.86. The minimum absolute atomic E-state index is 0.0357. The van der Waals surface area contributed by atoms with Gasteiger partial charge in [-0.25, -0.2) is 0 Å². The van der Waals surface area contributed by atoms with E-state index in [1.807, 2.05) is 39.8 Å². The number of carbonyl (C=O) groups excluding carboxylic acids is 1. The normalized spacial score (nSPS) is 20.9. The van der Waals surface area contributed by atoms with E-state index in [0.29, 0.717) is 28.9 Å². The van der Waals surface area contributed by atoms with Crippen molar-refractivity contribution in [2.24, 2.45) is 0 Å². The van der Waals surface area contributed by atoms with E-state index < -0.39 is 23.6 Å². The van der Waals surface area contributed by atoms with Gasteiger partial charge in [0.1, 0.15) is 34.2 Å². The van der Waals surface area contributed by atoms with Crippen molar-refractivity contribution < 1.29 is 29.6 Å². The Hall–Kier alpha value is -3.25. The number of benzene rings is 2. The molecule has 0 spiro atoms. The molecule has 3 N–H and O–H groups in total. The molecule has 6 heteroatoms. The highest BCUT2D eigenvalue weighted by molar-refractivity contribution is 6.07. The number of hydrogen-bond acceptors (Lipinski definition) is 6. The molecule has 0 radical (unpaired) electrons. The molecule has 2 aromatic rings. The molecular formula is C25H26O6. The van der Waals surface area contributed by atoms with Crippen LogP contribution in [0.5, 0.6) is 23.0 Å². The summed E-state index contributed by atoms with van der Waals surface area (Å²) in [6, 6.07) is 6.13. The maximum Gasteiger partial charge on any atom is 0.202 e. The van der Waals surface area contributed by atoms with Crippen LogP contribution >= 0.6 is 0 Å². The summed E-state index contributed by atoms with van der Waals surface area (Å²) in [4.78, 5) is 13.2. The van der Waals surface area contributed by atoms with Crippen LogP contribution < -0.4 is 9.47 Å². The number of hydrogen-bond donors (Lipinski definition) is 3. The van der Waals surface area contributed by atoms with Gasteiger partial charge in [-0.3, -0.25) is 4.79 Å². The maximum atomic E-state index is 13.2. The molecule has 2 aliphatic rings. The lowest BCUT2D eigenvalue weighted by molar-refractivity contribution is 0.0204. The van der Waals surface area contributed by atoms with Crippen LogP contribution in [0.25, 0.3) is 6.08 Å². The molecule has 0 aromatic heterocycles. The average molecular weight is 422 g/mol. The number of phenols is 2. The first kappa shape index (κ1) is 21.0. The van der Waals surface area contributed by atoms with E-state index in [-0.39, 0.29) is 22.8 Å². The van der Waals surface area contributed by atoms with Crippen LogP contribution in [0.1, 0.15) is 60.8 Å². The lowest BCUT2D eigenvalue weighted by Gasteiger charge is -2.35. The molecule has 0 saturated heterocycles. The van der Waals surface area contributed by atoms with E-state index >= 15 is 0 Å². The largest absolute Gasteiger partial charge is 0.508 e. The number of allylic oxidation sites excluding steroid dienone is 2. The molecular weight excluding hydrogens is 396 g/mol. The third-order valence-electron chi connectivity index (χ3n) is 5.51. The monoisotopic (exact) mass is 422 g/mol. The Labute approximate surface area is 181 Å². The zero-order valence-electron chi connectivity index (χ0n) is 18.0. The van der Waals surface area contributed by atoms with E-state index in [1.165, 1.54) is 12.1 Å². The van der Waals surface area contributed by atoms with Crippen molar-refractivity contribution in [1.82, 2.24) is 0 Å². The number of Topliss-reactive ketones (excluding diaryl/α,β-unsaturated/α-hetero) is 1. The number of aliphatic hydroxyl groups is 1. The van der Waals surface area contributed by atoms with Crippen molar-refractivity contribution in [2.75, 3.05) is 0 Å². The molecule has 0 amide bonds. The Balaban J connectivity index is 1.93. The lowest BCUT2D eigenvalue weighted by Crippen LogP contribution is -2.37. The van der Waals surface area contributed by atoms with Gasteiger partial charge < -0.3 is 24.8 Å². The molecule has 162 valence electrons. The summed E-state index contributed by atoms with van der Waals surface area (Å²) in [5.74, 6) is -0.121. The van der Waals surface area contributed by atoms with Gasteiger partial charge >= 0.3 is 0 Å². The van der Waals surface area contributed by atoms with Crippen LogP contribution in [-0.2, 0) is 6.42 Å². The van der Waals surface area contributed by atoms with Crippen LogP contribution in [0, 0.1) is 0 Å². The molecule has 0 saturated carbocycles. The standard InChI is InChI=1S/C25H26O6/c1-13(2)5-10-17-23-16(11-12-25(3,4)31-23)19(27)18-20(28)21(29)22(30-24(17)18)14-6-8-15(26)9-7-14/h5-9,11-12,21-22,26-27,29H,10H2,1-4H3/t21-,22-/m1/s1. The fourth-order valence-electron chi connectivity index (χ4n) is 3.86. The van der Waals surface area contributed by atoms with Gasteiger partial charge in [-0.1, -0.05) is 23.8 Å². The second-order valence-corrected chi connectivity index (χ2v) is 8.74. The van der Waals surface area contributed by atoms with Gasteiger partial charge in [-0.2, -0.15) is 0 Å². The smallest absolute Gasteiger partial charge is 0.202 e. The van der Waals surface area contributed by atoms with Gasteiger partial charge in [0, 0.05) is 5.56 Å². The van der Waals surface area contributed by atoms with Crippen molar-refractivity contribution in [3.63, 3.8) is 0 Å². The fraction of sp³-hybridized carbons (Fsp3) is 0.320. The van der Waals surface area contributed by atoms with Gasteiger partial charge in [-0.15, -0.1) is 0 Å². The number of aliphatic hydroxyl groups excluding tert-OH is 1. The highest BCUT2D eigenvalue weighted by atomic mass is 16.5. The molecule has 4 rings (SSSR count). The minimum atomic E-state index is -1.50. The Morgan fingerprint density at radius 1 is 1.13 bits per heavy atom. The van der Waals surface area contributed by atoms with Crippen molar-refractivity contribution in [3.8, 4) is 23.0 Å².